The fraction of sp³-hybridized carbons (Fsp3) is 0.188. The highest BCUT2D eigenvalue weighted by Gasteiger charge is 2.13. The molecule has 0 fully saturated rings. The lowest BCUT2D eigenvalue weighted by molar-refractivity contribution is 0.102. The van der Waals surface area contributed by atoms with Crippen molar-refractivity contribution in [1.29, 1.82) is 0 Å². The molecule has 0 aliphatic heterocycles. The van der Waals surface area contributed by atoms with Gasteiger partial charge < -0.3 is 10.4 Å². The first-order chi connectivity index (χ1) is 9.52. The molecule has 1 amide bonds. The molecule has 0 aromatic heterocycles. The van der Waals surface area contributed by atoms with Gasteiger partial charge in [-0.05, 0) is 42.7 Å². The van der Waals surface area contributed by atoms with Gasteiger partial charge in [0.2, 0.25) is 0 Å². The number of hydrogen-bond donors (Lipinski definition) is 2. The van der Waals surface area contributed by atoms with E-state index in [1.54, 1.807) is 18.2 Å². The minimum atomic E-state index is -0.253. The fourth-order valence-electron chi connectivity index (χ4n) is 1.91. The van der Waals surface area contributed by atoms with Crippen LogP contribution in [0.4, 0.5) is 5.69 Å². The standard InChI is InChI=1S/C16H16ClNO2/c1-10-6-7-12(9-19)8-14(10)18-16(20)13-5-3-4-11(2)15(13)17/h3-8,19H,9H2,1-2H3,(H,18,20). The number of halogens is 1. The summed E-state index contributed by atoms with van der Waals surface area (Å²) in [6, 6.07) is 10.8. The Morgan fingerprint density at radius 1 is 1.20 bits per heavy atom. The smallest absolute Gasteiger partial charge is 0.257 e. The maximum atomic E-state index is 12.3. The maximum absolute atomic E-state index is 12.3. The Kier molecular flexibility index (Phi) is 4.42. The molecule has 0 atom stereocenters. The van der Waals surface area contributed by atoms with E-state index in [0.29, 0.717) is 16.3 Å². The van der Waals surface area contributed by atoms with Crippen LogP contribution >= 0.6 is 11.6 Å². The summed E-state index contributed by atoms with van der Waals surface area (Å²) in [6.07, 6.45) is 0. The van der Waals surface area contributed by atoms with Gasteiger partial charge in [-0.15, -0.1) is 0 Å². The Bertz CT molecular complexity index is 653. The van der Waals surface area contributed by atoms with Crippen LogP contribution in [0.3, 0.4) is 0 Å². The van der Waals surface area contributed by atoms with Gasteiger partial charge in [-0.2, -0.15) is 0 Å². The molecule has 2 N–H and O–H groups in total. The van der Waals surface area contributed by atoms with E-state index >= 15 is 0 Å². The van der Waals surface area contributed by atoms with Crippen molar-refractivity contribution in [3.8, 4) is 0 Å². The molecule has 0 aliphatic carbocycles. The van der Waals surface area contributed by atoms with E-state index in [-0.39, 0.29) is 12.5 Å². The molecule has 0 spiro atoms. The predicted octanol–water partition coefficient (Wildman–Crippen LogP) is 3.70. The second-order valence-electron chi connectivity index (χ2n) is 4.70. The van der Waals surface area contributed by atoms with E-state index in [0.717, 1.165) is 16.7 Å². The number of rotatable bonds is 3. The summed E-state index contributed by atoms with van der Waals surface area (Å²) in [4.78, 5) is 12.3. The van der Waals surface area contributed by atoms with Crippen LogP contribution in [-0.2, 0) is 6.61 Å². The van der Waals surface area contributed by atoms with Crippen molar-refractivity contribution >= 4 is 23.2 Å². The molecular weight excluding hydrogens is 274 g/mol. The van der Waals surface area contributed by atoms with Crippen LogP contribution in [0, 0.1) is 13.8 Å². The van der Waals surface area contributed by atoms with Crippen molar-refractivity contribution < 1.29 is 9.90 Å². The number of aliphatic hydroxyl groups is 1. The molecule has 0 heterocycles. The van der Waals surface area contributed by atoms with E-state index in [9.17, 15) is 4.79 Å². The summed E-state index contributed by atoms with van der Waals surface area (Å²) in [5.41, 5.74) is 3.67. The second-order valence-corrected chi connectivity index (χ2v) is 5.08. The van der Waals surface area contributed by atoms with E-state index < -0.39 is 0 Å². The van der Waals surface area contributed by atoms with Crippen molar-refractivity contribution in [2.24, 2.45) is 0 Å². The van der Waals surface area contributed by atoms with Crippen LogP contribution in [0.15, 0.2) is 36.4 Å². The summed E-state index contributed by atoms with van der Waals surface area (Å²) in [5, 5.41) is 12.4. The van der Waals surface area contributed by atoms with Gasteiger partial charge in [0.1, 0.15) is 0 Å². The maximum Gasteiger partial charge on any atom is 0.257 e. The summed E-state index contributed by atoms with van der Waals surface area (Å²) < 4.78 is 0. The molecule has 0 aliphatic rings. The predicted molar refractivity (Wildman–Crippen MR) is 81.2 cm³/mol. The molecule has 0 radical (unpaired) electrons. The highest BCUT2D eigenvalue weighted by Crippen LogP contribution is 2.23. The lowest BCUT2D eigenvalue weighted by Crippen LogP contribution is -2.14. The molecule has 20 heavy (non-hydrogen) atoms. The van der Waals surface area contributed by atoms with Gasteiger partial charge >= 0.3 is 0 Å². The number of benzene rings is 2. The van der Waals surface area contributed by atoms with Crippen LogP contribution < -0.4 is 5.32 Å². The SMILES string of the molecule is Cc1ccc(CO)cc1NC(=O)c1cccc(C)c1Cl. The first kappa shape index (κ1) is 14.6. The molecule has 0 bridgehead atoms. The summed E-state index contributed by atoms with van der Waals surface area (Å²) in [5.74, 6) is -0.253. The van der Waals surface area contributed by atoms with Gasteiger partial charge in [-0.3, -0.25) is 4.79 Å². The monoisotopic (exact) mass is 289 g/mol. The van der Waals surface area contributed by atoms with Crippen molar-refractivity contribution in [2.75, 3.05) is 5.32 Å². The number of aryl methyl sites for hydroxylation is 2. The van der Waals surface area contributed by atoms with Crippen molar-refractivity contribution in [2.45, 2.75) is 20.5 Å². The average molecular weight is 290 g/mol. The van der Waals surface area contributed by atoms with Gasteiger partial charge in [-0.25, -0.2) is 0 Å². The molecule has 2 aromatic rings. The molecule has 3 nitrogen and oxygen atoms in total. The number of carbonyl (C=O) groups excluding carboxylic acids is 1. The summed E-state index contributed by atoms with van der Waals surface area (Å²) >= 11 is 6.15. The third-order valence-electron chi connectivity index (χ3n) is 3.17. The van der Waals surface area contributed by atoms with Crippen LogP contribution in [0.25, 0.3) is 0 Å². The molecular formula is C16H16ClNO2. The highest BCUT2D eigenvalue weighted by atomic mass is 35.5. The van der Waals surface area contributed by atoms with Gasteiger partial charge in [0.15, 0.2) is 0 Å². The minimum Gasteiger partial charge on any atom is -0.392 e. The Labute approximate surface area is 123 Å². The van der Waals surface area contributed by atoms with Crippen molar-refractivity contribution in [3.05, 3.63) is 63.7 Å². The average Bonchev–Trinajstić information content (AvgIpc) is 2.44. The van der Waals surface area contributed by atoms with Gasteiger partial charge in [0.25, 0.3) is 5.91 Å². The first-order valence-electron chi connectivity index (χ1n) is 6.29. The molecule has 4 heteroatoms. The molecule has 0 unspecified atom stereocenters. The lowest BCUT2D eigenvalue weighted by Gasteiger charge is -2.11. The molecule has 2 aromatic carbocycles. The largest absolute Gasteiger partial charge is 0.392 e. The summed E-state index contributed by atoms with van der Waals surface area (Å²) in [7, 11) is 0. The van der Waals surface area contributed by atoms with Gasteiger partial charge in [0, 0.05) is 5.69 Å². The highest BCUT2D eigenvalue weighted by molar-refractivity contribution is 6.35. The second kappa shape index (κ2) is 6.07. The quantitative estimate of drug-likeness (QED) is 0.905. The zero-order chi connectivity index (χ0) is 14.7. The number of aliphatic hydroxyl groups excluding tert-OH is 1. The van der Waals surface area contributed by atoms with E-state index in [2.05, 4.69) is 5.32 Å². The van der Waals surface area contributed by atoms with E-state index in [4.69, 9.17) is 16.7 Å². The first-order valence-corrected chi connectivity index (χ1v) is 6.67. The third kappa shape index (κ3) is 3.00. The van der Waals surface area contributed by atoms with Crippen LogP contribution in [0.1, 0.15) is 27.0 Å². The van der Waals surface area contributed by atoms with Crippen LogP contribution in [0.2, 0.25) is 5.02 Å². The Morgan fingerprint density at radius 3 is 2.65 bits per heavy atom. The van der Waals surface area contributed by atoms with Crippen LogP contribution in [-0.4, -0.2) is 11.0 Å². The number of nitrogens with one attached hydrogen (secondary N) is 1. The normalized spacial score (nSPS) is 10.4. The van der Waals surface area contributed by atoms with Gasteiger partial charge in [-0.1, -0.05) is 35.9 Å². The van der Waals surface area contributed by atoms with E-state index in [1.807, 2.05) is 32.0 Å². The Balaban J connectivity index is 2.30. The Morgan fingerprint density at radius 2 is 1.95 bits per heavy atom. The lowest BCUT2D eigenvalue weighted by atomic mass is 10.1. The molecule has 0 saturated carbocycles. The van der Waals surface area contributed by atoms with Crippen molar-refractivity contribution in [1.82, 2.24) is 0 Å². The van der Waals surface area contributed by atoms with Crippen LogP contribution in [0.5, 0.6) is 0 Å². The zero-order valence-corrected chi connectivity index (χ0v) is 12.2. The van der Waals surface area contributed by atoms with E-state index in [1.165, 1.54) is 0 Å². The molecule has 2 rings (SSSR count). The topological polar surface area (TPSA) is 49.3 Å². The number of amides is 1. The third-order valence-corrected chi connectivity index (χ3v) is 3.67. The van der Waals surface area contributed by atoms with Crippen molar-refractivity contribution in [3.63, 3.8) is 0 Å². The Hall–Kier alpha value is -1.84. The number of hydrogen-bond acceptors (Lipinski definition) is 2. The minimum absolute atomic E-state index is 0.0612. The number of carbonyl (C=O) groups is 1. The molecule has 0 saturated heterocycles. The summed E-state index contributed by atoms with van der Waals surface area (Å²) in [6.45, 7) is 3.69. The fourth-order valence-corrected chi connectivity index (χ4v) is 2.13. The van der Waals surface area contributed by atoms with Gasteiger partial charge in [0.05, 0.1) is 17.2 Å². The zero-order valence-electron chi connectivity index (χ0n) is 11.4. The number of anilines is 1. The molecule has 104 valence electrons.